The number of piperazine rings is 1. The summed E-state index contributed by atoms with van der Waals surface area (Å²) in [4.78, 5) is 21.8. The fraction of sp³-hybridized carbons (Fsp3) is 0.440. The third-order valence-electron chi connectivity index (χ3n) is 6.06. The van der Waals surface area contributed by atoms with Crippen molar-refractivity contribution in [1.82, 2.24) is 15.2 Å². The molecule has 5 nitrogen and oxygen atoms in total. The molecule has 0 aliphatic carbocycles. The van der Waals surface area contributed by atoms with Crippen LogP contribution in [0.2, 0.25) is 0 Å². The van der Waals surface area contributed by atoms with Gasteiger partial charge in [-0.2, -0.15) is 0 Å². The monoisotopic (exact) mass is 454 g/mol. The number of anilines is 1. The molecule has 0 radical (unpaired) electrons. The maximum Gasteiger partial charge on any atom is 0.220 e. The number of nitrogens with one attached hydrogen (secondary N) is 1. The summed E-state index contributed by atoms with van der Waals surface area (Å²) in [5.41, 5.74) is 2.91. The van der Waals surface area contributed by atoms with Gasteiger partial charge in [-0.1, -0.05) is 12.1 Å². The first-order valence-electron chi connectivity index (χ1n) is 11.4. The zero-order valence-electron chi connectivity index (χ0n) is 18.8. The van der Waals surface area contributed by atoms with Crippen LogP contribution in [0.15, 0.2) is 42.5 Å². The van der Waals surface area contributed by atoms with Gasteiger partial charge in [0.2, 0.25) is 5.91 Å². The summed E-state index contributed by atoms with van der Waals surface area (Å²) in [6.45, 7) is 5.70. The van der Waals surface area contributed by atoms with Crippen LogP contribution < -0.4 is 10.2 Å². The number of unbranched alkanes of at least 4 members (excludes halogenated alkanes) is 1. The number of thiazole rings is 1. The Balaban J connectivity index is 1.29. The van der Waals surface area contributed by atoms with E-state index in [1.807, 2.05) is 31.2 Å². The van der Waals surface area contributed by atoms with E-state index in [-0.39, 0.29) is 17.8 Å². The summed E-state index contributed by atoms with van der Waals surface area (Å²) in [5.74, 6) is -0.259. The Labute approximate surface area is 193 Å². The number of benzene rings is 2. The lowest BCUT2D eigenvalue weighted by atomic mass is 10.0. The first kappa shape index (κ1) is 22.7. The number of amides is 1. The largest absolute Gasteiger partial charge is 0.369 e. The van der Waals surface area contributed by atoms with Gasteiger partial charge in [0.05, 0.1) is 21.3 Å². The van der Waals surface area contributed by atoms with Gasteiger partial charge in [-0.25, -0.2) is 9.37 Å². The zero-order valence-corrected chi connectivity index (χ0v) is 19.6. The molecule has 7 heteroatoms. The Kier molecular flexibility index (Phi) is 7.37. The van der Waals surface area contributed by atoms with Gasteiger partial charge in [0.1, 0.15) is 5.82 Å². The highest BCUT2D eigenvalue weighted by Crippen LogP contribution is 2.28. The van der Waals surface area contributed by atoms with Crippen LogP contribution in [0.5, 0.6) is 0 Å². The van der Waals surface area contributed by atoms with Crippen molar-refractivity contribution in [2.24, 2.45) is 0 Å². The molecule has 1 unspecified atom stereocenters. The molecule has 0 bridgehead atoms. The number of likely N-dealkylation sites (N-methyl/N-ethyl adjacent to an activating group) is 1. The number of carbonyl (C=O) groups excluding carboxylic acids is 1. The van der Waals surface area contributed by atoms with Crippen LogP contribution in [0.25, 0.3) is 10.2 Å². The number of nitrogens with zero attached hydrogens (tertiary/aromatic N) is 3. The number of carbonyl (C=O) groups is 1. The van der Waals surface area contributed by atoms with E-state index >= 15 is 0 Å². The second kappa shape index (κ2) is 10.4. The summed E-state index contributed by atoms with van der Waals surface area (Å²) in [6.07, 6.45) is 3.09. The molecule has 1 fully saturated rings. The molecule has 0 saturated carbocycles. The molecule has 4 rings (SSSR count). The van der Waals surface area contributed by atoms with E-state index < -0.39 is 0 Å². The van der Waals surface area contributed by atoms with Crippen molar-refractivity contribution >= 4 is 33.1 Å². The molecule has 32 heavy (non-hydrogen) atoms. The maximum atomic E-state index is 14.0. The SMILES string of the molecule is CC(NC(=O)CCCCc1nc2ccccc2s1)c1cc(F)ccc1N1CCN(C)CC1. The van der Waals surface area contributed by atoms with Crippen molar-refractivity contribution in [3.05, 3.63) is 58.9 Å². The zero-order chi connectivity index (χ0) is 22.5. The molecule has 2 heterocycles. The van der Waals surface area contributed by atoms with E-state index in [1.165, 1.54) is 10.8 Å². The minimum absolute atomic E-state index is 0.00962. The first-order valence-corrected chi connectivity index (χ1v) is 12.2. The molecule has 170 valence electrons. The van der Waals surface area contributed by atoms with Gasteiger partial charge in [0, 0.05) is 43.9 Å². The molecule has 3 aromatic rings. The molecule has 1 amide bonds. The second-order valence-corrected chi connectivity index (χ2v) is 9.68. The number of hydrogen-bond acceptors (Lipinski definition) is 5. The summed E-state index contributed by atoms with van der Waals surface area (Å²) in [5, 5.41) is 4.20. The maximum absolute atomic E-state index is 14.0. The van der Waals surface area contributed by atoms with Crippen LogP contribution >= 0.6 is 11.3 Å². The topological polar surface area (TPSA) is 48.5 Å². The van der Waals surface area contributed by atoms with Crippen LogP contribution in [0.4, 0.5) is 10.1 Å². The summed E-state index contributed by atoms with van der Waals surface area (Å²) in [6, 6.07) is 12.8. The van der Waals surface area contributed by atoms with Crippen LogP contribution in [0.3, 0.4) is 0 Å². The van der Waals surface area contributed by atoms with Gasteiger partial charge in [-0.3, -0.25) is 4.79 Å². The molecule has 2 aromatic carbocycles. The van der Waals surface area contributed by atoms with Gasteiger partial charge in [-0.05, 0) is 63.6 Å². The summed E-state index contributed by atoms with van der Waals surface area (Å²) < 4.78 is 15.2. The minimum Gasteiger partial charge on any atom is -0.369 e. The quantitative estimate of drug-likeness (QED) is 0.498. The summed E-state index contributed by atoms with van der Waals surface area (Å²) in [7, 11) is 2.11. The van der Waals surface area contributed by atoms with Crippen LogP contribution in [-0.2, 0) is 11.2 Å². The van der Waals surface area contributed by atoms with Gasteiger partial charge in [0.25, 0.3) is 0 Å². The Morgan fingerprint density at radius 3 is 2.72 bits per heavy atom. The second-order valence-electron chi connectivity index (χ2n) is 8.57. The smallest absolute Gasteiger partial charge is 0.220 e. The fourth-order valence-electron chi connectivity index (χ4n) is 4.19. The lowest BCUT2D eigenvalue weighted by Gasteiger charge is -2.36. The number of para-hydroxylation sites is 1. The molecular formula is C25H31FN4OS. The number of aromatic nitrogens is 1. The molecular weight excluding hydrogens is 423 g/mol. The fourth-order valence-corrected chi connectivity index (χ4v) is 5.20. The predicted molar refractivity (Wildman–Crippen MR) is 130 cm³/mol. The molecule has 1 N–H and O–H groups in total. The molecule has 1 aliphatic rings. The summed E-state index contributed by atoms with van der Waals surface area (Å²) >= 11 is 1.73. The Morgan fingerprint density at radius 2 is 1.94 bits per heavy atom. The number of rotatable bonds is 8. The molecule has 0 spiro atoms. The third-order valence-corrected chi connectivity index (χ3v) is 7.16. The van der Waals surface area contributed by atoms with Crippen LogP contribution in [-0.4, -0.2) is 49.0 Å². The van der Waals surface area contributed by atoms with E-state index in [9.17, 15) is 9.18 Å². The Bertz CT molecular complexity index is 1030. The average Bonchev–Trinajstić information content (AvgIpc) is 3.20. The molecule has 1 aliphatic heterocycles. The third kappa shape index (κ3) is 5.64. The lowest BCUT2D eigenvalue weighted by molar-refractivity contribution is -0.121. The number of aryl methyl sites for hydroxylation is 1. The standard InChI is InChI=1S/C25H31FN4OS/c1-18(20-17-19(26)11-12-22(20)30-15-13-29(2)14-16-30)27-24(31)9-5-6-10-25-28-21-7-3-4-8-23(21)32-25/h3-4,7-8,11-12,17-18H,5-6,9-10,13-16H2,1-2H3,(H,27,31). The minimum atomic E-state index is -0.269. The van der Waals surface area contributed by atoms with Gasteiger partial charge < -0.3 is 15.1 Å². The molecule has 1 atom stereocenters. The van der Waals surface area contributed by atoms with Crippen molar-refractivity contribution in [2.75, 3.05) is 38.1 Å². The predicted octanol–water partition coefficient (Wildman–Crippen LogP) is 4.78. The lowest BCUT2D eigenvalue weighted by Crippen LogP contribution is -2.45. The highest BCUT2D eigenvalue weighted by molar-refractivity contribution is 7.18. The normalized spacial score (nSPS) is 15.8. The average molecular weight is 455 g/mol. The van der Waals surface area contributed by atoms with Crippen LogP contribution in [0, 0.1) is 5.82 Å². The molecule has 1 aromatic heterocycles. The van der Waals surface area contributed by atoms with Gasteiger partial charge in [0.15, 0.2) is 0 Å². The Morgan fingerprint density at radius 1 is 1.16 bits per heavy atom. The van der Waals surface area contributed by atoms with Crippen molar-refractivity contribution in [3.63, 3.8) is 0 Å². The van der Waals surface area contributed by atoms with Crippen molar-refractivity contribution in [1.29, 1.82) is 0 Å². The van der Waals surface area contributed by atoms with Crippen LogP contribution in [0.1, 0.15) is 42.8 Å². The van der Waals surface area contributed by atoms with E-state index in [1.54, 1.807) is 17.4 Å². The molecule has 1 saturated heterocycles. The highest BCUT2D eigenvalue weighted by Gasteiger charge is 2.21. The van der Waals surface area contributed by atoms with Gasteiger partial charge in [-0.15, -0.1) is 11.3 Å². The number of fused-ring (bicyclic) bond motifs is 1. The number of halogens is 1. The van der Waals surface area contributed by atoms with Crippen molar-refractivity contribution in [2.45, 2.75) is 38.6 Å². The first-order chi connectivity index (χ1) is 15.5. The Hall–Kier alpha value is -2.51. The van der Waals surface area contributed by atoms with Crippen molar-refractivity contribution in [3.8, 4) is 0 Å². The van der Waals surface area contributed by atoms with Gasteiger partial charge >= 0.3 is 0 Å². The van der Waals surface area contributed by atoms with Crippen molar-refractivity contribution < 1.29 is 9.18 Å². The van der Waals surface area contributed by atoms with E-state index in [0.717, 1.165) is 67.2 Å². The van der Waals surface area contributed by atoms with E-state index in [4.69, 9.17) is 0 Å². The highest BCUT2D eigenvalue weighted by atomic mass is 32.1. The van der Waals surface area contributed by atoms with E-state index in [2.05, 4.69) is 33.2 Å². The number of hydrogen-bond donors (Lipinski definition) is 1. The van der Waals surface area contributed by atoms with E-state index in [0.29, 0.717) is 6.42 Å².